The maximum absolute atomic E-state index is 5.68. The summed E-state index contributed by atoms with van der Waals surface area (Å²) in [5, 5.41) is 1.79. The Hall–Kier alpha value is -0.810. The third-order valence-electron chi connectivity index (χ3n) is 2.97. The van der Waals surface area contributed by atoms with Crippen LogP contribution in [0.3, 0.4) is 0 Å². The van der Waals surface area contributed by atoms with E-state index < -0.39 is 0 Å². The van der Waals surface area contributed by atoms with Gasteiger partial charge in [0.05, 0.1) is 12.3 Å². The van der Waals surface area contributed by atoms with Crippen LogP contribution in [0.4, 0.5) is 10.1 Å². The number of nitrogen functional groups attached to an aromatic ring is 1. The molecule has 5 heteroatoms. The van der Waals surface area contributed by atoms with E-state index in [9.17, 15) is 0 Å². The lowest BCUT2D eigenvalue weighted by Gasteiger charge is -2.35. The molecule has 2 atom stereocenters. The van der Waals surface area contributed by atoms with Crippen molar-refractivity contribution in [2.75, 3.05) is 30.8 Å². The van der Waals surface area contributed by atoms with Gasteiger partial charge in [0.1, 0.15) is 5.00 Å². The SMILES string of the molecule is COC1CN(c2ncc(N)s2)CCC1C. The fourth-order valence-electron chi connectivity index (χ4n) is 1.94. The van der Waals surface area contributed by atoms with Crippen LogP contribution >= 0.6 is 11.3 Å². The van der Waals surface area contributed by atoms with E-state index in [1.54, 1.807) is 24.6 Å². The van der Waals surface area contributed by atoms with Crippen molar-refractivity contribution < 1.29 is 4.74 Å². The molecule has 1 saturated heterocycles. The van der Waals surface area contributed by atoms with E-state index >= 15 is 0 Å². The number of hydrogen-bond acceptors (Lipinski definition) is 5. The standard InChI is InChI=1S/C10H17N3OS/c1-7-3-4-13(6-8(7)14-2)10-12-5-9(11)15-10/h5,7-8H,3-4,6,11H2,1-2H3. The van der Waals surface area contributed by atoms with Crippen LogP contribution in [0, 0.1) is 5.92 Å². The van der Waals surface area contributed by atoms with Gasteiger partial charge in [-0.1, -0.05) is 18.3 Å². The third-order valence-corrected chi connectivity index (χ3v) is 3.86. The Morgan fingerprint density at radius 2 is 2.47 bits per heavy atom. The number of piperidine rings is 1. The zero-order valence-corrected chi connectivity index (χ0v) is 9.96. The van der Waals surface area contributed by atoms with Gasteiger partial charge in [0.15, 0.2) is 5.13 Å². The van der Waals surface area contributed by atoms with Crippen molar-refractivity contribution in [3.63, 3.8) is 0 Å². The summed E-state index contributed by atoms with van der Waals surface area (Å²) < 4.78 is 5.47. The van der Waals surface area contributed by atoms with Gasteiger partial charge in [-0.15, -0.1) is 0 Å². The van der Waals surface area contributed by atoms with Crippen LogP contribution in [-0.2, 0) is 4.74 Å². The summed E-state index contributed by atoms with van der Waals surface area (Å²) in [6.07, 6.45) is 3.18. The fraction of sp³-hybridized carbons (Fsp3) is 0.700. The fourth-order valence-corrected chi connectivity index (χ4v) is 2.65. The molecule has 0 aliphatic carbocycles. The van der Waals surface area contributed by atoms with E-state index in [0.29, 0.717) is 12.0 Å². The number of methoxy groups -OCH3 is 1. The summed E-state index contributed by atoms with van der Waals surface area (Å²) in [6, 6.07) is 0. The molecule has 1 fully saturated rings. The first-order valence-electron chi connectivity index (χ1n) is 5.19. The summed E-state index contributed by atoms with van der Waals surface area (Å²) in [5.74, 6) is 0.628. The molecule has 0 aromatic carbocycles. The van der Waals surface area contributed by atoms with Crippen molar-refractivity contribution in [1.82, 2.24) is 4.98 Å². The van der Waals surface area contributed by atoms with Crippen LogP contribution in [0.15, 0.2) is 6.20 Å². The van der Waals surface area contributed by atoms with Gasteiger partial charge in [-0.3, -0.25) is 0 Å². The predicted octanol–water partition coefficient (Wildman–Crippen LogP) is 1.59. The van der Waals surface area contributed by atoms with Crippen LogP contribution in [0.2, 0.25) is 0 Å². The van der Waals surface area contributed by atoms with E-state index in [0.717, 1.165) is 29.6 Å². The Morgan fingerprint density at radius 3 is 3.07 bits per heavy atom. The number of thiazole rings is 1. The monoisotopic (exact) mass is 227 g/mol. The third kappa shape index (κ3) is 2.23. The van der Waals surface area contributed by atoms with Crippen LogP contribution < -0.4 is 10.6 Å². The van der Waals surface area contributed by atoms with Gasteiger partial charge in [-0.2, -0.15) is 0 Å². The molecule has 0 radical (unpaired) electrons. The molecule has 1 aromatic rings. The first kappa shape index (κ1) is 10.7. The second-order valence-corrected chi connectivity index (χ2v) is 5.07. The lowest BCUT2D eigenvalue weighted by molar-refractivity contribution is 0.0498. The Kier molecular flexibility index (Phi) is 3.11. The van der Waals surface area contributed by atoms with Gasteiger partial charge in [0, 0.05) is 20.2 Å². The van der Waals surface area contributed by atoms with Crippen LogP contribution in [0.1, 0.15) is 13.3 Å². The molecule has 1 aliphatic rings. The maximum atomic E-state index is 5.68. The molecule has 2 heterocycles. The number of nitrogens with zero attached hydrogens (tertiary/aromatic N) is 2. The van der Waals surface area contributed by atoms with E-state index in [1.807, 2.05) is 0 Å². The van der Waals surface area contributed by atoms with E-state index in [2.05, 4.69) is 16.8 Å². The van der Waals surface area contributed by atoms with Crippen molar-refractivity contribution in [1.29, 1.82) is 0 Å². The van der Waals surface area contributed by atoms with Gasteiger partial charge in [0.25, 0.3) is 0 Å². The molecule has 0 saturated carbocycles. The molecule has 0 bridgehead atoms. The van der Waals surface area contributed by atoms with Crippen molar-refractivity contribution in [3.8, 4) is 0 Å². The van der Waals surface area contributed by atoms with Crippen molar-refractivity contribution in [3.05, 3.63) is 6.20 Å². The highest BCUT2D eigenvalue weighted by Crippen LogP contribution is 2.29. The highest BCUT2D eigenvalue weighted by Gasteiger charge is 2.27. The number of anilines is 2. The van der Waals surface area contributed by atoms with Gasteiger partial charge < -0.3 is 15.4 Å². The molecule has 2 N–H and O–H groups in total. The van der Waals surface area contributed by atoms with E-state index in [-0.39, 0.29) is 0 Å². The van der Waals surface area contributed by atoms with Gasteiger partial charge in [0.2, 0.25) is 0 Å². The average molecular weight is 227 g/mol. The minimum absolute atomic E-state index is 0.309. The molecule has 1 aromatic heterocycles. The molecular formula is C10H17N3OS. The molecule has 4 nitrogen and oxygen atoms in total. The lowest BCUT2D eigenvalue weighted by atomic mass is 9.96. The van der Waals surface area contributed by atoms with Crippen LogP contribution in [0.5, 0.6) is 0 Å². The normalized spacial score (nSPS) is 26.9. The van der Waals surface area contributed by atoms with E-state index in [1.165, 1.54) is 0 Å². The van der Waals surface area contributed by atoms with Crippen LogP contribution in [-0.4, -0.2) is 31.3 Å². The summed E-state index contributed by atoms with van der Waals surface area (Å²) >= 11 is 1.55. The predicted molar refractivity (Wildman–Crippen MR) is 63.3 cm³/mol. The summed E-state index contributed by atoms with van der Waals surface area (Å²) in [4.78, 5) is 6.56. The first-order chi connectivity index (χ1) is 7.20. The molecule has 15 heavy (non-hydrogen) atoms. The molecule has 84 valence electrons. The number of hydrogen-bond donors (Lipinski definition) is 1. The second kappa shape index (κ2) is 4.37. The number of aromatic nitrogens is 1. The molecule has 1 aliphatic heterocycles. The number of rotatable bonds is 2. The first-order valence-corrected chi connectivity index (χ1v) is 6.01. The minimum atomic E-state index is 0.309. The largest absolute Gasteiger partial charge is 0.389 e. The number of nitrogens with two attached hydrogens (primary N) is 1. The number of ether oxygens (including phenoxy) is 1. The summed E-state index contributed by atoms with van der Waals surface area (Å²) in [6.45, 7) is 4.21. The topological polar surface area (TPSA) is 51.4 Å². The molecule has 0 amide bonds. The van der Waals surface area contributed by atoms with Crippen molar-refractivity contribution in [2.45, 2.75) is 19.4 Å². The Bertz CT molecular complexity index is 328. The quantitative estimate of drug-likeness (QED) is 0.833. The molecule has 0 spiro atoms. The minimum Gasteiger partial charge on any atom is -0.389 e. The van der Waals surface area contributed by atoms with Crippen molar-refractivity contribution in [2.24, 2.45) is 5.92 Å². The molecule has 2 unspecified atom stereocenters. The van der Waals surface area contributed by atoms with Crippen molar-refractivity contribution >= 4 is 21.5 Å². The van der Waals surface area contributed by atoms with Crippen LogP contribution in [0.25, 0.3) is 0 Å². The highest BCUT2D eigenvalue weighted by molar-refractivity contribution is 7.19. The Morgan fingerprint density at radius 1 is 1.67 bits per heavy atom. The lowest BCUT2D eigenvalue weighted by Crippen LogP contribution is -2.43. The Balaban J connectivity index is 2.06. The average Bonchev–Trinajstić information content (AvgIpc) is 2.66. The smallest absolute Gasteiger partial charge is 0.187 e. The summed E-state index contributed by atoms with van der Waals surface area (Å²) in [5.41, 5.74) is 5.68. The van der Waals surface area contributed by atoms with Gasteiger partial charge in [-0.05, 0) is 12.3 Å². The van der Waals surface area contributed by atoms with Gasteiger partial charge >= 0.3 is 0 Å². The van der Waals surface area contributed by atoms with Gasteiger partial charge in [-0.25, -0.2) is 4.98 Å². The molecule has 2 rings (SSSR count). The Labute approximate surface area is 94.1 Å². The zero-order valence-electron chi connectivity index (χ0n) is 9.14. The maximum Gasteiger partial charge on any atom is 0.187 e. The van der Waals surface area contributed by atoms with E-state index in [4.69, 9.17) is 10.5 Å². The highest BCUT2D eigenvalue weighted by atomic mass is 32.1. The summed E-state index contributed by atoms with van der Waals surface area (Å²) in [7, 11) is 1.78. The molecular weight excluding hydrogens is 210 g/mol. The zero-order chi connectivity index (χ0) is 10.8. The second-order valence-electron chi connectivity index (χ2n) is 4.03.